The number of carbonyl (C=O) groups excluding carboxylic acids is 2. The van der Waals surface area contributed by atoms with E-state index >= 15 is 0 Å². The molecule has 0 unspecified atom stereocenters. The van der Waals surface area contributed by atoms with E-state index in [4.69, 9.17) is 0 Å². The minimum atomic E-state index is -0.0669. The molecular weight excluding hydrogens is 198 g/mol. The summed E-state index contributed by atoms with van der Waals surface area (Å²) in [5.41, 5.74) is 2.07. The Morgan fingerprint density at radius 3 is 2.71 bits per heavy atom. The maximum absolute atomic E-state index is 11.6. The van der Waals surface area contributed by atoms with Crippen LogP contribution in [0.3, 0.4) is 0 Å². The van der Waals surface area contributed by atoms with Crippen molar-refractivity contribution in [1.29, 1.82) is 0 Å². The number of hydrogen-bond acceptors (Lipinski definition) is 3. The number of nitrogens with zero attached hydrogens (tertiary/aromatic N) is 1. The molecule has 1 aliphatic heterocycles. The topological polar surface area (TPSA) is 37.4 Å². The first-order valence-corrected chi connectivity index (χ1v) is 5.47. The fourth-order valence-electron chi connectivity index (χ4n) is 1.60. The molecule has 0 N–H and O–H groups in total. The van der Waals surface area contributed by atoms with E-state index in [1.165, 1.54) is 0 Å². The number of aryl methyl sites for hydroxylation is 1. The Labute approximate surface area is 86.3 Å². The first-order valence-electron chi connectivity index (χ1n) is 4.53. The lowest BCUT2D eigenvalue weighted by Gasteiger charge is -2.25. The predicted octanol–water partition coefficient (Wildman–Crippen LogP) is 1.75. The second kappa shape index (κ2) is 3.53. The summed E-state index contributed by atoms with van der Waals surface area (Å²) in [7, 11) is 0. The molecule has 0 saturated carbocycles. The monoisotopic (exact) mass is 209 g/mol. The average molecular weight is 209 g/mol. The van der Waals surface area contributed by atoms with E-state index in [1.807, 2.05) is 17.7 Å². The zero-order chi connectivity index (χ0) is 10.1. The highest BCUT2D eigenvalue weighted by atomic mass is 32.1. The molecular formula is C10H11NO2S. The Morgan fingerprint density at radius 1 is 1.36 bits per heavy atom. The molecule has 1 saturated heterocycles. The van der Waals surface area contributed by atoms with Crippen molar-refractivity contribution in [3.8, 4) is 0 Å². The van der Waals surface area contributed by atoms with Crippen LogP contribution in [0.1, 0.15) is 18.4 Å². The summed E-state index contributed by atoms with van der Waals surface area (Å²) in [4.78, 5) is 24.3. The van der Waals surface area contributed by atoms with Gasteiger partial charge in [-0.1, -0.05) is 0 Å². The summed E-state index contributed by atoms with van der Waals surface area (Å²) in [6.07, 6.45) is 0.552. The Hall–Kier alpha value is -1.16. The number of amides is 1. The molecule has 1 aromatic rings. The van der Waals surface area contributed by atoms with Crippen LogP contribution in [0.15, 0.2) is 10.8 Å². The van der Waals surface area contributed by atoms with Crippen molar-refractivity contribution in [2.45, 2.75) is 19.8 Å². The van der Waals surface area contributed by atoms with Gasteiger partial charge in [-0.15, -0.1) is 11.3 Å². The van der Waals surface area contributed by atoms with Crippen molar-refractivity contribution in [1.82, 2.24) is 0 Å². The van der Waals surface area contributed by atoms with Gasteiger partial charge in [0.25, 0.3) is 0 Å². The third-order valence-corrected chi connectivity index (χ3v) is 3.23. The molecule has 2 heterocycles. The summed E-state index contributed by atoms with van der Waals surface area (Å²) >= 11 is 1.58. The van der Waals surface area contributed by atoms with Gasteiger partial charge in [0, 0.05) is 18.3 Å². The number of rotatable bonds is 1. The standard InChI is InChI=1S/C10H11NO2S/c1-7-5-14-6-9(7)11-3-2-8(12)4-10(11)13/h5-6H,2-4H2,1H3. The molecule has 0 radical (unpaired) electrons. The third-order valence-electron chi connectivity index (χ3n) is 2.38. The van der Waals surface area contributed by atoms with E-state index in [9.17, 15) is 9.59 Å². The predicted molar refractivity (Wildman–Crippen MR) is 55.7 cm³/mol. The lowest BCUT2D eigenvalue weighted by atomic mass is 10.1. The Bertz CT molecular complexity index is 383. The van der Waals surface area contributed by atoms with E-state index in [0.29, 0.717) is 13.0 Å². The van der Waals surface area contributed by atoms with Crippen LogP contribution in [0.5, 0.6) is 0 Å². The first-order chi connectivity index (χ1) is 6.68. The van der Waals surface area contributed by atoms with E-state index in [1.54, 1.807) is 16.2 Å². The second-order valence-corrected chi connectivity index (χ2v) is 4.19. The maximum atomic E-state index is 11.6. The molecule has 14 heavy (non-hydrogen) atoms. The molecule has 1 fully saturated rings. The minimum Gasteiger partial charge on any atom is -0.310 e. The van der Waals surface area contributed by atoms with Gasteiger partial charge in [-0.3, -0.25) is 9.59 Å². The van der Waals surface area contributed by atoms with Gasteiger partial charge in [0.1, 0.15) is 5.78 Å². The first kappa shape index (κ1) is 9.40. The Morgan fingerprint density at radius 2 is 2.14 bits per heavy atom. The van der Waals surface area contributed by atoms with Crippen LogP contribution in [0, 0.1) is 6.92 Å². The smallest absolute Gasteiger partial charge is 0.234 e. The number of hydrogen-bond donors (Lipinski definition) is 0. The SMILES string of the molecule is Cc1cscc1N1CCC(=O)CC1=O. The number of thiophene rings is 1. The molecule has 0 aliphatic carbocycles. The Balaban J connectivity index is 2.24. The fourth-order valence-corrected chi connectivity index (χ4v) is 2.43. The van der Waals surface area contributed by atoms with Crippen LogP contribution in [-0.4, -0.2) is 18.2 Å². The molecule has 2 rings (SSSR count). The van der Waals surface area contributed by atoms with Gasteiger partial charge in [0.2, 0.25) is 5.91 Å². The molecule has 1 aromatic heterocycles. The number of anilines is 1. The summed E-state index contributed by atoms with van der Waals surface area (Å²) in [6.45, 7) is 2.52. The van der Waals surface area contributed by atoms with Crippen molar-refractivity contribution in [2.24, 2.45) is 0 Å². The summed E-state index contributed by atoms with van der Waals surface area (Å²) in [5.74, 6) is -0.0121. The molecule has 1 amide bonds. The Kier molecular flexibility index (Phi) is 2.37. The zero-order valence-electron chi connectivity index (χ0n) is 7.95. The van der Waals surface area contributed by atoms with Gasteiger partial charge in [-0.25, -0.2) is 0 Å². The average Bonchev–Trinajstić information content (AvgIpc) is 2.52. The number of carbonyl (C=O) groups is 2. The third kappa shape index (κ3) is 1.57. The highest BCUT2D eigenvalue weighted by Crippen LogP contribution is 2.26. The van der Waals surface area contributed by atoms with Crippen molar-refractivity contribution in [3.63, 3.8) is 0 Å². The van der Waals surface area contributed by atoms with E-state index in [0.717, 1.165) is 11.3 Å². The van der Waals surface area contributed by atoms with Crippen molar-refractivity contribution in [3.05, 3.63) is 16.3 Å². The largest absolute Gasteiger partial charge is 0.310 e. The van der Waals surface area contributed by atoms with Gasteiger partial charge in [0.05, 0.1) is 12.1 Å². The molecule has 0 aromatic carbocycles. The van der Waals surface area contributed by atoms with Crippen LogP contribution in [0.4, 0.5) is 5.69 Å². The van der Waals surface area contributed by atoms with Crippen LogP contribution in [0.2, 0.25) is 0 Å². The van der Waals surface area contributed by atoms with Crippen molar-refractivity contribution < 1.29 is 9.59 Å². The minimum absolute atomic E-state index is 0.0548. The van der Waals surface area contributed by atoms with E-state index < -0.39 is 0 Å². The van der Waals surface area contributed by atoms with Crippen molar-refractivity contribution in [2.75, 3.05) is 11.4 Å². The van der Waals surface area contributed by atoms with Crippen LogP contribution in [0.25, 0.3) is 0 Å². The second-order valence-electron chi connectivity index (χ2n) is 3.45. The van der Waals surface area contributed by atoms with E-state index in [2.05, 4.69) is 0 Å². The highest BCUT2D eigenvalue weighted by Gasteiger charge is 2.25. The summed E-state index contributed by atoms with van der Waals surface area (Å²) in [6, 6.07) is 0. The van der Waals surface area contributed by atoms with Gasteiger partial charge < -0.3 is 4.90 Å². The maximum Gasteiger partial charge on any atom is 0.234 e. The van der Waals surface area contributed by atoms with E-state index in [-0.39, 0.29) is 18.1 Å². The molecule has 3 nitrogen and oxygen atoms in total. The molecule has 1 aliphatic rings. The molecule has 0 atom stereocenters. The van der Waals surface area contributed by atoms with Gasteiger partial charge in [0.15, 0.2) is 0 Å². The van der Waals surface area contributed by atoms with Gasteiger partial charge >= 0.3 is 0 Å². The number of piperidine rings is 1. The molecule has 74 valence electrons. The lowest BCUT2D eigenvalue weighted by Crippen LogP contribution is -2.39. The van der Waals surface area contributed by atoms with Crippen LogP contribution in [-0.2, 0) is 9.59 Å². The van der Waals surface area contributed by atoms with Crippen LogP contribution < -0.4 is 4.90 Å². The fraction of sp³-hybridized carbons (Fsp3) is 0.400. The quantitative estimate of drug-likeness (QED) is 0.661. The van der Waals surface area contributed by atoms with Gasteiger partial charge in [-0.2, -0.15) is 0 Å². The zero-order valence-corrected chi connectivity index (χ0v) is 8.76. The summed E-state index contributed by atoms with van der Waals surface area (Å²) in [5, 5.41) is 3.97. The molecule has 0 bridgehead atoms. The molecule has 0 spiro atoms. The normalized spacial score (nSPS) is 17.6. The summed E-state index contributed by atoms with van der Waals surface area (Å²) < 4.78 is 0. The highest BCUT2D eigenvalue weighted by molar-refractivity contribution is 7.08. The molecule has 4 heteroatoms. The van der Waals surface area contributed by atoms with Gasteiger partial charge in [-0.05, 0) is 17.9 Å². The van der Waals surface area contributed by atoms with Crippen molar-refractivity contribution >= 4 is 28.7 Å². The van der Waals surface area contributed by atoms with Crippen LogP contribution >= 0.6 is 11.3 Å². The lowest BCUT2D eigenvalue weighted by molar-refractivity contribution is -0.128. The number of ketones is 1. The number of Topliss-reactive ketones (excluding diaryl/α,β-unsaturated/α-hetero) is 1.